The lowest BCUT2D eigenvalue weighted by atomic mass is 9.95. The Morgan fingerprint density at radius 1 is 1.09 bits per heavy atom. The average molecular weight is 304 g/mol. The van der Waals surface area contributed by atoms with Gasteiger partial charge >= 0.3 is 0 Å². The average Bonchev–Trinajstić information content (AvgIpc) is 2.73. The molecule has 2 aliphatic rings. The molecule has 22 heavy (non-hydrogen) atoms. The van der Waals surface area contributed by atoms with E-state index in [1.54, 1.807) is 0 Å². The summed E-state index contributed by atoms with van der Waals surface area (Å²) in [6, 6.07) is 0. The Morgan fingerprint density at radius 2 is 1.91 bits per heavy atom. The molecule has 0 bridgehead atoms. The lowest BCUT2D eigenvalue weighted by molar-refractivity contribution is -0.0761. The number of aromatic nitrogens is 2. The van der Waals surface area contributed by atoms with Crippen molar-refractivity contribution in [2.24, 2.45) is 0 Å². The molecule has 3 rings (SSSR count). The van der Waals surface area contributed by atoms with E-state index in [1.165, 1.54) is 24.9 Å². The van der Waals surface area contributed by atoms with E-state index in [0.717, 1.165) is 51.5 Å². The zero-order chi connectivity index (χ0) is 15.4. The van der Waals surface area contributed by atoms with Crippen molar-refractivity contribution in [3.8, 4) is 0 Å². The van der Waals surface area contributed by atoms with Crippen molar-refractivity contribution in [2.45, 2.75) is 44.8 Å². The number of ether oxygens (including phenoxy) is 1. The third-order valence-corrected chi connectivity index (χ3v) is 4.87. The summed E-state index contributed by atoms with van der Waals surface area (Å²) in [5.41, 5.74) is 0.912. The highest BCUT2D eigenvalue weighted by Gasteiger charge is 2.32. The topological polar surface area (TPSA) is 41.5 Å². The molecule has 0 N–H and O–H groups in total. The summed E-state index contributed by atoms with van der Waals surface area (Å²) in [4.78, 5) is 14.1. The summed E-state index contributed by atoms with van der Waals surface area (Å²) in [7, 11) is 2.20. The summed E-state index contributed by atoms with van der Waals surface area (Å²) in [6.45, 7) is 8.51. The van der Waals surface area contributed by atoms with Crippen LogP contribution in [0.4, 0.5) is 0 Å². The van der Waals surface area contributed by atoms with Gasteiger partial charge in [0.1, 0.15) is 5.60 Å². The van der Waals surface area contributed by atoms with E-state index < -0.39 is 0 Å². The van der Waals surface area contributed by atoms with Crippen LogP contribution in [0.15, 0.2) is 12.4 Å². The monoisotopic (exact) mass is 304 g/mol. The maximum Gasteiger partial charge on any atom is 0.159 e. The van der Waals surface area contributed by atoms with Crippen molar-refractivity contribution in [2.75, 3.05) is 39.8 Å². The quantitative estimate of drug-likeness (QED) is 0.855. The number of hydrogen-bond acceptors (Lipinski definition) is 5. The third kappa shape index (κ3) is 3.83. The van der Waals surface area contributed by atoms with Crippen molar-refractivity contribution >= 4 is 0 Å². The van der Waals surface area contributed by atoms with Crippen LogP contribution in [0.2, 0.25) is 0 Å². The highest BCUT2D eigenvalue weighted by atomic mass is 16.5. The second kappa shape index (κ2) is 7.02. The molecule has 5 nitrogen and oxygen atoms in total. The van der Waals surface area contributed by atoms with Crippen LogP contribution in [0, 0.1) is 0 Å². The van der Waals surface area contributed by atoms with Gasteiger partial charge in [0, 0.05) is 44.2 Å². The number of hydrogen-bond donors (Lipinski definition) is 0. The minimum absolute atomic E-state index is 0.290. The van der Waals surface area contributed by atoms with Gasteiger partial charge < -0.3 is 9.64 Å². The van der Waals surface area contributed by atoms with Crippen LogP contribution in [-0.4, -0.2) is 59.6 Å². The van der Waals surface area contributed by atoms with Crippen LogP contribution in [-0.2, 0) is 16.9 Å². The number of nitrogens with zero attached hydrogens (tertiary/aromatic N) is 4. The molecule has 3 heterocycles. The Bertz CT molecular complexity index is 470. The van der Waals surface area contributed by atoms with Gasteiger partial charge in [-0.1, -0.05) is 0 Å². The number of rotatable bonds is 3. The largest absolute Gasteiger partial charge is 0.367 e. The highest BCUT2D eigenvalue weighted by molar-refractivity contribution is 5.09. The van der Waals surface area contributed by atoms with E-state index in [0.29, 0.717) is 0 Å². The second-order valence-corrected chi connectivity index (χ2v) is 6.88. The van der Waals surface area contributed by atoms with Gasteiger partial charge in [0.2, 0.25) is 0 Å². The maximum absolute atomic E-state index is 5.93. The minimum atomic E-state index is -0.290. The fourth-order valence-electron chi connectivity index (χ4n) is 3.34. The van der Waals surface area contributed by atoms with E-state index in [1.807, 2.05) is 12.4 Å². The van der Waals surface area contributed by atoms with Crippen LogP contribution in [0.1, 0.15) is 44.0 Å². The standard InChI is InChI=1S/C17H28N4O/c1-17(6-3-4-11-22-17)16-18-12-15(13-19-16)14-21-8-5-7-20(2)9-10-21/h12-13H,3-11,14H2,1-2H3/t17-/m1/s1. The van der Waals surface area contributed by atoms with Gasteiger partial charge in [-0.25, -0.2) is 9.97 Å². The van der Waals surface area contributed by atoms with E-state index >= 15 is 0 Å². The molecular weight excluding hydrogens is 276 g/mol. The Balaban J connectivity index is 1.61. The predicted molar refractivity (Wildman–Crippen MR) is 86.6 cm³/mol. The van der Waals surface area contributed by atoms with E-state index in [2.05, 4.69) is 33.7 Å². The first-order valence-electron chi connectivity index (χ1n) is 8.52. The molecule has 1 aromatic rings. The van der Waals surface area contributed by atoms with Gasteiger partial charge in [0.05, 0.1) is 0 Å². The van der Waals surface area contributed by atoms with Crippen LogP contribution in [0.5, 0.6) is 0 Å². The van der Waals surface area contributed by atoms with Crippen LogP contribution < -0.4 is 0 Å². The molecule has 0 unspecified atom stereocenters. The summed E-state index contributed by atoms with van der Waals surface area (Å²) < 4.78 is 5.93. The van der Waals surface area contributed by atoms with Crippen molar-refractivity contribution in [1.29, 1.82) is 0 Å². The Labute approximate surface area is 133 Å². The van der Waals surface area contributed by atoms with E-state index in [4.69, 9.17) is 4.74 Å². The SMILES string of the molecule is CN1CCCN(Cc2cnc([C@@]3(C)CCCCO3)nc2)CC1. The first-order chi connectivity index (χ1) is 10.7. The maximum atomic E-state index is 5.93. The molecule has 0 aromatic carbocycles. The van der Waals surface area contributed by atoms with Gasteiger partial charge in [0.15, 0.2) is 5.82 Å². The molecule has 0 aliphatic carbocycles. The van der Waals surface area contributed by atoms with Crippen molar-refractivity contribution in [3.05, 3.63) is 23.8 Å². The smallest absolute Gasteiger partial charge is 0.159 e. The Morgan fingerprint density at radius 3 is 2.64 bits per heavy atom. The predicted octanol–water partition coefficient (Wildman–Crippen LogP) is 2.03. The Hall–Kier alpha value is -1.04. The van der Waals surface area contributed by atoms with Gasteiger partial charge in [-0.2, -0.15) is 0 Å². The third-order valence-electron chi connectivity index (χ3n) is 4.87. The van der Waals surface area contributed by atoms with Crippen LogP contribution >= 0.6 is 0 Å². The molecular formula is C17H28N4O. The number of likely N-dealkylation sites (N-methyl/N-ethyl adjacent to an activating group) is 1. The molecule has 2 saturated heterocycles. The Kier molecular flexibility index (Phi) is 5.06. The molecule has 2 aliphatic heterocycles. The summed E-state index contributed by atoms with van der Waals surface area (Å²) >= 11 is 0. The van der Waals surface area contributed by atoms with Gasteiger partial charge in [-0.05, 0) is 52.7 Å². The minimum Gasteiger partial charge on any atom is -0.367 e. The molecule has 1 aromatic heterocycles. The molecule has 0 radical (unpaired) electrons. The molecule has 0 amide bonds. The first-order valence-corrected chi connectivity index (χ1v) is 8.52. The highest BCUT2D eigenvalue weighted by Crippen LogP contribution is 2.32. The molecule has 122 valence electrons. The molecule has 1 atom stereocenters. The lowest BCUT2D eigenvalue weighted by Crippen LogP contribution is -2.32. The van der Waals surface area contributed by atoms with Crippen LogP contribution in [0.3, 0.4) is 0 Å². The fourth-order valence-corrected chi connectivity index (χ4v) is 3.34. The molecule has 0 spiro atoms. The summed E-state index contributed by atoms with van der Waals surface area (Å²) in [5.74, 6) is 0.839. The van der Waals surface area contributed by atoms with Gasteiger partial charge in [0.25, 0.3) is 0 Å². The van der Waals surface area contributed by atoms with Crippen molar-refractivity contribution < 1.29 is 4.74 Å². The summed E-state index contributed by atoms with van der Waals surface area (Å²) in [5, 5.41) is 0. The normalized spacial score (nSPS) is 28.5. The zero-order valence-electron chi connectivity index (χ0n) is 13.9. The van der Waals surface area contributed by atoms with E-state index in [-0.39, 0.29) is 5.60 Å². The summed E-state index contributed by atoms with van der Waals surface area (Å²) in [6.07, 6.45) is 8.58. The molecule has 5 heteroatoms. The zero-order valence-corrected chi connectivity index (χ0v) is 13.9. The van der Waals surface area contributed by atoms with Crippen molar-refractivity contribution in [1.82, 2.24) is 19.8 Å². The molecule has 0 saturated carbocycles. The van der Waals surface area contributed by atoms with Crippen LogP contribution in [0.25, 0.3) is 0 Å². The van der Waals surface area contributed by atoms with E-state index in [9.17, 15) is 0 Å². The molecule has 2 fully saturated rings. The first kappa shape index (κ1) is 15.8. The second-order valence-electron chi connectivity index (χ2n) is 6.88. The van der Waals surface area contributed by atoms with Gasteiger partial charge in [-0.15, -0.1) is 0 Å². The fraction of sp³-hybridized carbons (Fsp3) is 0.765. The van der Waals surface area contributed by atoms with Crippen molar-refractivity contribution in [3.63, 3.8) is 0 Å². The van der Waals surface area contributed by atoms with Gasteiger partial charge in [-0.3, -0.25) is 4.90 Å². The lowest BCUT2D eigenvalue weighted by Gasteiger charge is -2.32.